The van der Waals surface area contributed by atoms with E-state index in [2.05, 4.69) is 52.8 Å². The number of hydrogen-bond acceptors (Lipinski definition) is 19. The lowest BCUT2D eigenvalue weighted by Crippen LogP contribution is -2.61. The number of phenolic OH excluding ortho intramolecular Hbond substituents is 2. The normalized spacial score (nSPS) is 21.6. The number of phenols is 2. The van der Waals surface area contributed by atoms with E-state index in [0.29, 0.717) is 61.8 Å². The lowest BCUT2D eigenvalue weighted by molar-refractivity contribution is -0.151. The van der Waals surface area contributed by atoms with E-state index in [0.717, 1.165) is 40.7 Å². The van der Waals surface area contributed by atoms with Gasteiger partial charge >= 0.3 is 5.97 Å². The zero-order chi connectivity index (χ0) is 98.6. The van der Waals surface area contributed by atoms with Gasteiger partial charge in [0.25, 0.3) is 0 Å². The number of aromatic hydroxyl groups is 2. The minimum absolute atomic E-state index is 0.158. The number of halogens is 5. The number of fused-ring (bicyclic) bond motifs is 1. The Labute approximate surface area is 774 Å². The summed E-state index contributed by atoms with van der Waals surface area (Å²) in [5.74, 6) is -33.5. The highest BCUT2D eigenvalue weighted by molar-refractivity contribution is 8.00. The number of nitrogens with two attached hydrogens (primary N) is 1. The highest BCUT2D eigenvalue weighted by Gasteiger charge is 2.43. The van der Waals surface area contributed by atoms with Crippen LogP contribution in [-0.4, -0.2) is 272 Å². The van der Waals surface area contributed by atoms with Gasteiger partial charge in [0.1, 0.15) is 78.0 Å². The average molecular weight is 1890 g/mol. The molecule has 134 heavy (non-hydrogen) atoms. The van der Waals surface area contributed by atoms with Gasteiger partial charge in [-0.1, -0.05) is 151 Å². The van der Waals surface area contributed by atoms with Gasteiger partial charge < -0.3 is 98.4 Å². The third-order valence-electron chi connectivity index (χ3n) is 22.5. The number of thioether (sulfide) groups is 1. The standard InChI is InChI=1S/C93H113F5N16O19S/c1-11-12-27-69-91(131)111(7)47-74(119)103-65(43-76(121)122)87(127)109-82(51(4)5)93(133)113(9)70(39-52-21-15-13-16-22-52)88(128)107-66(38-55-30-34-58(116)35-31-55)89(129)110(6)46-73(118)102-64(41-56-44-100-61-26-20-19-25-59(56)61)86(126)106-63(37-54-28-32-57(115)33-29-54)85(125)105-62(36-50(2)3)84(124)108-68(83(123)101-45-72(99)117)48-134-49-75(120)104-67(42-60-77(94)79(96)81(98)80(97)78(60)95)90(130)114(10)71(92(132)112(69)8)40-53-23-17-14-18-24-53/h13-26,28-35,44,50-51,62-71,82,100,115-116H,11-12,27,36-43,45-49H2,1-10H3,(H2,99,117)(H,101,123)(H,102,118)(H,103,119)(H,104,120)(H,105,125)(H,106,126)(H,107,128)(H,108,124)(H,109,127)(H,121,122)/t62-,63-,64-,65-,66-,67-,68-,69-,70-,71-,82-/m0/s1. The molecule has 1 aliphatic heterocycles. The molecular formula is C93H113F5N16O19S. The van der Waals surface area contributed by atoms with Crippen molar-refractivity contribution in [2.45, 2.75) is 172 Å². The van der Waals surface area contributed by atoms with E-state index in [4.69, 9.17) is 5.73 Å². The molecule has 0 aliphatic carbocycles. The first kappa shape index (κ1) is 105. The van der Waals surface area contributed by atoms with Crippen LogP contribution in [0.5, 0.6) is 11.5 Å². The van der Waals surface area contributed by atoms with Crippen LogP contribution in [0.1, 0.15) is 100 Å². The number of carboxylic acids is 1. The minimum atomic E-state index is -2.58. The van der Waals surface area contributed by atoms with Crippen LogP contribution in [0.2, 0.25) is 0 Å². The molecule has 1 aliphatic rings. The first-order chi connectivity index (χ1) is 63.4. The Hall–Kier alpha value is -14.0. The van der Waals surface area contributed by atoms with Gasteiger partial charge in [0, 0.05) is 102 Å². The Kier molecular flexibility index (Phi) is 38.9. The molecule has 15 N–H and O–H groups in total. The lowest BCUT2D eigenvalue weighted by atomic mass is 9.98. The first-order valence-corrected chi connectivity index (χ1v) is 44.4. The SMILES string of the molecule is CCCC[C@H]1C(=O)N(C)CC(=O)N[C@@H](CC(=O)O)C(=O)N[C@@H](C(C)C)C(=O)N(C)[C@@H](Cc2ccccc2)C(=O)N[C@@H](Cc2ccc(O)cc2)C(=O)N(C)CC(=O)N[C@@H](Cc2c[nH]c3ccccc23)C(=O)N[C@@H](Cc2ccc(O)cc2)C(=O)N[C@@H](CC(C)C)C(=O)N[C@H](C(=O)NCC(N)=O)CSCC(=O)N[C@@H](Cc2c(F)c(F)c(F)c(F)c2F)C(=O)N(C)[C@@H](Cc2ccccc2)C(=O)N1C. The van der Waals surface area contributed by atoms with Gasteiger partial charge in [0.05, 0.1) is 31.8 Å². The van der Waals surface area contributed by atoms with Crippen LogP contribution in [0.4, 0.5) is 22.0 Å². The highest BCUT2D eigenvalue weighted by atomic mass is 32.2. The van der Waals surface area contributed by atoms with Crippen LogP contribution in [-0.2, 0) is 115 Å². The van der Waals surface area contributed by atoms with Gasteiger partial charge in [-0.25, -0.2) is 22.0 Å². The number of primary amides is 1. The molecule has 0 radical (unpaired) electrons. The fourth-order valence-electron chi connectivity index (χ4n) is 15.1. The first-order valence-electron chi connectivity index (χ1n) is 43.2. The lowest BCUT2D eigenvalue weighted by Gasteiger charge is -2.37. The van der Waals surface area contributed by atoms with Crippen molar-refractivity contribution in [2.24, 2.45) is 17.6 Å². The van der Waals surface area contributed by atoms with E-state index in [1.165, 1.54) is 88.6 Å². The molecule has 1 saturated heterocycles. The topological polar surface area (TPSA) is 500 Å². The number of rotatable bonds is 23. The molecule has 720 valence electrons. The monoisotopic (exact) mass is 1880 g/mol. The number of benzene rings is 6. The Balaban J connectivity index is 1.24. The molecule has 1 aromatic heterocycles. The summed E-state index contributed by atoms with van der Waals surface area (Å²) in [6, 6.07) is 14.6. The second kappa shape index (κ2) is 49.5. The maximum atomic E-state index is 15.9. The molecule has 7 aromatic rings. The number of carboxylic acid groups (broad SMARTS) is 1. The molecule has 1 fully saturated rings. The molecule has 0 bridgehead atoms. The van der Waals surface area contributed by atoms with E-state index in [-0.39, 0.29) is 50.0 Å². The molecule has 6 aromatic carbocycles. The number of aromatic nitrogens is 1. The zero-order valence-corrected chi connectivity index (χ0v) is 76.4. The largest absolute Gasteiger partial charge is 0.508 e. The molecular weight excluding hydrogens is 1770 g/mol. The van der Waals surface area contributed by atoms with Gasteiger partial charge in [0.2, 0.25) is 94.4 Å². The third-order valence-corrected chi connectivity index (χ3v) is 23.5. The smallest absolute Gasteiger partial charge is 0.305 e. The Morgan fingerprint density at radius 2 is 0.925 bits per heavy atom. The van der Waals surface area contributed by atoms with E-state index in [9.17, 15) is 62.9 Å². The van der Waals surface area contributed by atoms with E-state index < -0.39 is 264 Å². The number of carbonyl (C=O) groups excluding carboxylic acids is 15. The predicted molar refractivity (Wildman–Crippen MR) is 482 cm³/mol. The molecule has 35 nitrogen and oxygen atoms in total. The minimum Gasteiger partial charge on any atom is -0.508 e. The molecule has 0 spiro atoms. The van der Waals surface area contributed by atoms with E-state index in [1.807, 2.05) is 0 Å². The number of aliphatic carboxylic acids is 1. The number of hydrogen-bond donors (Lipinski definition) is 14. The Morgan fingerprint density at radius 1 is 0.470 bits per heavy atom. The van der Waals surface area contributed by atoms with Crippen LogP contribution < -0.4 is 53.6 Å². The molecule has 2 heterocycles. The number of aromatic amines is 1. The summed E-state index contributed by atoms with van der Waals surface area (Å²) < 4.78 is 76.9. The third kappa shape index (κ3) is 29.7. The fraction of sp³-hybridized carbons (Fsp3) is 0.419. The number of carbonyl (C=O) groups is 16. The van der Waals surface area contributed by atoms with Gasteiger partial charge in [-0.3, -0.25) is 76.7 Å². The maximum absolute atomic E-state index is 15.9. The number of nitrogens with one attached hydrogen (secondary N) is 10. The summed E-state index contributed by atoms with van der Waals surface area (Å²) >= 11 is 0.524. The van der Waals surface area contributed by atoms with Crippen LogP contribution >= 0.6 is 11.8 Å². The molecule has 0 unspecified atom stereocenters. The second-order valence-corrected chi connectivity index (χ2v) is 34.7. The van der Waals surface area contributed by atoms with Crippen LogP contribution in [0.15, 0.2) is 140 Å². The number of para-hydroxylation sites is 1. The number of amides is 15. The Bertz CT molecular complexity index is 5370. The van der Waals surface area contributed by atoms with Gasteiger partial charge in [0.15, 0.2) is 23.3 Å². The van der Waals surface area contributed by atoms with Gasteiger partial charge in [-0.05, 0) is 82.8 Å². The average Bonchev–Trinajstić information content (AvgIpc) is 1.35. The van der Waals surface area contributed by atoms with Crippen molar-refractivity contribution >= 4 is 117 Å². The number of H-pyrrole nitrogens is 1. The molecule has 8 rings (SSSR count). The second-order valence-electron chi connectivity index (χ2n) is 33.6. The summed E-state index contributed by atoms with van der Waals surface area (Å²) in [6.45, 7) is 5.44. The van der Waals surface area contributed by atoms with Crippen molar-refractivity contribution in [1.82, 2.24) is 77.3 Å². The van der Waals surface area contributed by atoms with Crippen molar-refractivity contribution in [3.05, 3.63) is 202 Å². The van der Waals surface area contributed by atoms with Crippen LogP contribution in [0.25, 0.3) is 10.9 Å². The fourth-order valence-corrected chi connectivity index (χ4v) is 16.0. The van der Waals surface area contributed by atoms with Gasteiger partial charge in [-0.15, -0.1) is 11.8 Å². The summed E-state index contributed by atoms with van der Waals surface area (Å²) in [5, 5.41) is 54.2. The quantitative estimate of drug-likeness (QED) is 0.0249. The maximum Gasteiger partial charge on any atom is 0.305 e. The molecule has 41 heteroatoms. The number of nitrogens with zero attached hydrogens (tertiary/aromatic N) is 5. The van der Waals surface area contributed by atoms with Crippen LogP contribution in [0.3, 0.4) is 0 Å². The molecule has 15 amide bonds. The van der Waals surface area contributed by atoms with Gasteiger partial charge in [-0.2, -0.15) is 0 Å². The highest BCUT2D eigenvalue weighted by Crippen LogP contribution is 2.28. The van der Waals surface area contributed by atoms with E-state index in [1.54, 1.807) is 99.8 Å². The molecule has 11 atom stereocenters. The van der Waals surface area contributed by atoms with Crippen molar-refractivity contribution in [2.75, 3.05) is 66.4 Å². The summed E-state index contributed by atoms with van der Waals surface area (Å²) in [4.78, 5) is 242. The zero-order valence-electron chi connectivity index (χ0n) is 75.6. The Morgan fingerprint density at radius 3 is 1.47 bits per heavy atom. The predicted octanol–water partition coefficient (Wildman–Crippen LogP) is 3.02. The van der Waals surface area contributed by atoms with Crippen molar-refractivity contribution in [3.63, 3.8) is 0 Å². The van der Waals surface area contributed by atoms with Crippen molar-refractivity contribution in [3.8, 4) is 11.5 Å². The number of likely N-dealkylation sites (N-methyl/N-ethyl adjacent to an activating group) is 5. The van der Waals surface area contributed by atoms with E-state index >= 15 is 51.1 Å². The number of unbranched alkanes of at least 4 members (excludes halogenated alkanes) is 1. The summed E-state index contributed by atoms with van der Waals surface area (Å²) in [6.07, 6.45) is -2.61. The molecule has 0 saturated carbocycles. The van der Waals surface area contributed by atoms with Crippen molar-refractivity contribution < 1.29 is 114 Å². The van der Waals surface area contributed by atoms with Crippen molar-refractivity contribution in [1.29, 1.82) is 0 Å². The summed E-state index contributed by atoms with van der Waals surface area (Å²) in [7, 11) is 5.74. The van der Waals surface area contributed by atoms with Crippen LogP contribution in [0, 0.1) is 40.9 Å². The summed E-state index contributed by atoms with van der Waals surface area (Å²) in [5.41, 5.74) is 6.34.